The van der Waals surface area contributed by atoms with E-state index in [2.05, 4.69) is 32.4 Å². The Balaban J connectivity index is 1.34. The molecule has 1 aromatic carbocycles. The number of anilines is 1. The fourth-order valence-electron chi connectivity index (χ4n) is 4.92. The SMILES string of the molecule is CN(c1ccc(-c2ccc(-c3cc(=O)n(C)cn3)cc2O)nn1)C1CC2CCCC(C1)N2. The molecule has 8 nitrogen and oxygen atoms in total. The second kappa shape index (κ2) is 8.35. The van der Waals surface area contributed by atoms with Crippen molar-refractivity contribution in [2.45, 2.75) is 50.2 Å². The molecule has 5 rings (SSSR count). The summed E-state index contributed by atoms with van der Waals surface area (Å²) in [5.41, 5.74) is 2.23. The minimum atomic E-state index is -0.151. The summed E-state index contributed by atoms with van der Waals surface area (Å²) in [6, 6.07) is 12.2. The van der Waals surface area contributed by atoms with E-state index in [0.29, 0.717) is 40.6 Å². The van der Waals surface area contributed by atoms with Crippen LogP contribution in [0.5, 0.6) is 5.75 Å². The number of phenols is 1. The van der Waals surface area contributed by atoms with Gasteiger partial charge in [-0.25, -0.2) is 4.98 Å². The van der Waals surface area contributed by atoms with Crippen LogP contribution in [0.25, 0.3) is 22.5 Å². The Labute approximate surface area is 187 Å². The van der Waals surface area contributed by atoms with Crippen molar-refractivity contribution in [1.82, 2.24) is 25.1 Å². The maximum Gasteiger partial charge on any atom is 0.253 e. The second-order valence-corrected chi connectivity index (χ2v) is 8.96. The van der Waals surface area contributed by atoms with Gasteiger partial charge in [-0.15, -0.1) is 10.2 Å². The van der Waals surface area contributed by atoms with Gasteiger partial charge in [0.15, 0.2) is 5.82 Å². The lowest BCUT2D eigenvalue weighted by atomic mass is 9.83. The molecule has 3 aromatic rings. The summed E-state index contributed by atoms with van der Waals surface area (Å²) >= 11 is 0. The highest BCUT2D eigenvalue weighted by molar-refractivity contribution is 5.73. The first-order valence-corrected chi connectivity index (χ1v) is 11.2. The van der Waals surface area contributed by atoms with Crippen molar-refractivity contribution in [2.75, 3.05) is 11.9 Å². The highest BCUT2D eigenvalue weighted by Crippen LogP contribution is 2.33. The van der Waals surface area contributed by atoms with Crippen molar-refractivity contribution < 1.29 is 5.11 Å². The third kappa shape index (κ3) is 3.98. The van der Waals surface area contributed by atoms with Crippen LogP contribution in [-0.2, 0) is 7.05 Å². The van der Waals surface area contributed by atoms with Crippen LogP contribution in [0, 0.1) is 0 Å². The first-order chi connectivity index (χ1) is 15.5. The molecule has 0 amide bonds. The third-order valence-corrected chi connectivity index (χ3v) is 6.80. The van der Waals surface area contributed by atoms with E-state index in [4.69, 9.17) is 0 Å². The largest absolute Gasteiger partial charge is 0.507 e. The summed E-state index contributed by atoms with van der Waals surface area (Å²) in [5, 5.41) is 23.2. The Morgan fingerprint density at radius 2 is 1.84 bits per heavy atom. The summed E-state index contributed by atoms with van der Waals surface area (Å²) < 4.78 is 1.40. The smallest absolute Gasteiger partial charge is 0.253 e. The lowest BCUT2D eigenvalue weighted by Gasteiger charge is -2.43. The highest BCUT2D eigenvalue weighted by Gasteiger charge is 2.33. The van der Waals surface area contributed by atoms with Crippen LogP contribution in [0.1, 0.15) is 32.1 Å². The van der Waals surface area contributed by atoms with Crippen LogP contribution in [0.15, 0.2) is 47.5 Å². The van der Waals surface area contributed by atoms with E-state index in [9.17, 15) is 9.90 Å². The van der Waals surface area contributed by atoms with Crippen LogP contribution in [0.2, 0.25) is 0 Å². The van der Waals surface area contributed by atoms with Crippen LogP contribution in [0.4, 0.5) is 5.82 Å². The number of aryl methyl sites for hydroxylation is 1. The van der Waals surface area contributed by atoms with E-state index in [1.807, 2.05) is 18.2 Å². The molecule has 0 saturated carbocycles. The van der Waals surface area contributed by atoms with Crippen molar-refractivity contribution in [3.05, 3.63) is 53.1 Å². The molecule has 4 heterocycles. The first kappa shape index (κ1) is 20.6. The average Bonchev–Trinajstić information content (AvgIpc) is 2.80. The Morgan fingerprint density at radius 3 is 2.50 bits per heavy atom. The molecule has 2 aliphatic heterocycles. The fraction of sp³-hybridized carbons (Fsp3) is 0.417. The minimum absolute atomic E-state index is 0.0755. The molecule has 2 bridgehead atoms. The van der Waals surface area contributed by atoms with E-state index >= 15 is 0 Å². The van der Waals surface area contributed by atoms with E-state index in [0.717, 1.165) is 18.7 Å². The summed E-state index contributed by atoms with van der Waals surface area (Å²) in [7, 11) is 3.75. The number of rotatable bonds is 4. The molecular formula is C24H28N6O2. The molecule has 8 heteroatoms. The van der Waals surface area contributed by atoms with Gasteiger partial charge in [0, 0.05) is 49.4 Å². The average molecular weight is 433 g/mol. The zero-order chi connectivity index (χ0) is 22.2. The monoisotopic (exact) mass is 432 g/mol. The van der Waals surface area contributed by atoms with Gasteiger partial charge in [-0.1, -0.05) is 12.5 Å². The summed E-state index contributed by atoms with van der Waals surface area (Å²) in [6.45, 7) is 0. The van der Waals surface area contributed by atoms with Gasteiger partial charge < -0.3 is 19.9 Å². The Morgan fingerprint density at radius 1 is 1.06 bits per heavy atom. The van der Waals surface area contributed by atoms with Crippen molar-refractivity contribution >= 4 is 5.82 Å². The minimum Gasteiger partial charge on any atom is -0.507 e. The summed E-state index contributed by atoms with van der Waals surface area (Å²) in [6.07, 6.45) is 7.58. The molecule has 2 aromatic heterocycles. The predicted octanol–water partition coefficient (Wildman–Crippen LogP) is 2.72. The number of hydrogen-bond donors (Lipinski definition) is 2. The normalized spacial score (nSPS) is 22.5. The lowest BCUT2D eigenvalue weighted by molar-refractivity contribution is 0.219. The Kier molecular flexibility index (Phi) is 5.38. The quantitative estimate of drug-likeness (QED) is 0.654. The number of aromatic nitrogens is 4. The molecular weight excluding hydrogens is 404 g/mol. The Hall–Kier alpha value is -3.26. The topological polar surface area (TPSA) is 96.2 Å². The number of hydrogen-bond acceptors (Lipinski definition) is 7. The van der Waals surface area contributed by atoms with Crippen LogP contribution >= 0.6 is 0 Å². The number of phenolic OH excluding ortho intramolecular Hbond substituents is 1. The van der Waals surface area contributed by atoms with Crippen LogP contribution < -0.4 is 15.8 Å². The third-order valence-electron chi connectivity index (χ3n) is 6.80. The molecule has 32 heavy (non-hydrogen) atoms. The number of nitrogens with one attached hydrogen (secondary N) is 1. The van der Waals surface area contributed by atoms with E-state index in [-0.39, 0.29) is 11.3 Å². The van der Waals surface area contributed by atoms with Crippen molar-refractivity contribution in [3.8, 4) is 28.3 Å². The Bertz CT molecular complexity index is 1160. The van der Waals surface area contributed by atoms with Gasteiger partial charge in [-0.3, -0.25) is 4.79 Å². The maximum atomic E-state index is 11.9. The van der Waals surface area contributed by atoms with Crippen LogP contribution in [0.3, 0.4) is 0 Å². The lowest BCUT2D eigenvalue weighted by Crippen LogP contribution is -2.54. The summed E-state index contributed by atoms with van der Waals surface area (Å²) in [4.78, 5) is 18.4. The molecule has 2 aliphatic rings. The predicted molar refractivity (Wildman–Crippen MR) is 124 cm³/mol. The van der Waals surface area contributed by atoms with Crippen molar-refractivity contribution in [1.29, 1.82) is 0 Å². The molecule has 2 saturated heterocycles. The summed E-state index contributed by atoms with van der Waals surface area (Å²) in [5.74, 6) is 0.922. The zero-order valence-corrected chi connectivity index (χ0v) is 18.4. The molecule has 2 atom stereocenters. The van der Waals surface area contributed by atoms with E-state index in [1.54, 1.807) is 19.2 Å². The van der Waals surface area contributed by atoms with Gasteiger partial charge in [-0.2, -0.15) is 0 Å². The van der Waals surface area contributed by atoms with Gasteiger partial charge in [0.05, 0.1) is 17.7 Å². The second-order valence-electron chi connectivity index (χ2n) is 8.96. The number of benzene rings is 1. The molecule has 2 N–H and O–H groups in total. The highest BCUT2D eigenvalue weighted by atomic mass is 16.3. The van der Waals surface area contributed by atoms with Gasteiger partial charge in [0.1, 0.15) is 5.75 Å². The van der Waals surface area contributed by atoms with E-state index < -0.39 is 0 Å². The van der Waals surface area contributed by atoms with Gasteiger partial charge in [0.2, 0.25) is 0 Å². The number of aromatic hydroxyl groups is 1. The first-order valence-electron chi connectivity index (χ1n) is 11.2. The van der Waals surface area contributed by atoms with Crippen molar-refractivity contribution in [2.24, 2.45) is 7.05 Å². The van der Waals surface area contributed by atoms with Gasteiger partial charge in [0.25, 0.3) is 5.56 Å². The van der Waals surface area contributed by atoms with Gasteiger partial charge >= 0.3 is 0 Å². The standard InChI is InChI=1S/C24H28N6O2/c1-29-14-25-21(13-24(29)32)15-6-7-19(22(31)10-15)20-8-9-23(28-27-20)30(2)18-11-16-4-3-5-17(12-18)26-16/h6-10,13-14,16-18,26,31H,3-5,11-12H2,1-2H3. The molecule has 166 valence electrons. The molecule has 0 spiro atoms. The fourth-order valence-corrected chi connectivity index (χ4v) is 4.92. The molecule has 0 radical (unpaired) electrons. The zero-order valence-electron chi connectivity index (χ0n) is 18.4. The molecule has 2 fully saturated rings. The molecule has 0 aliphatic carbocycles. The van der Waals surface area contributed by atoms with Crippen molar-refractivity contribution in [3.63, 3.8) is 0 Å². The number of piperidine rings is 2. The van der Waals surface area contributed by atoms with Crippen LogP contribution in [-0.4, -0.2) is 50.0 Å². The number of nitrogens with zero attached hydrogens (tertiary/aromatic N) is 5. The maximum absolute atomic E-state index is 11.9. The van der Waals surface area contributed by atoms with E-state index in [1.165, 1.54) is 36.2 Å². The number of fused-ring (bicyclic) bond motifs is 2. The van der Waals surface area contributed by atoms with Gasteiger partial charge in [-0.05, 0) is 49.9 Å². The molecule has 2 unspecified atom stereocenters.